The molecule has 11 heteroatoms. The number of nitrogens with zero attached hydrogens (tertiary/aromatic N) is 4. The highest BCUT2D eigenvalue weighted by Gasteiger charge is 2.19. The summed E-state index contributed by atoms with van der Waals surface area (Å²) < 4.78 is 14.2. The third kappa shape index (κ3) is 4.77. The van der Waals surface area contributed by atoms with Crippen LogP contribution in [0, 0.1) is 5.82 Å². The molecule has 0 unspecified atom stereocenters. The lowest BCUT2D eigenvalue weighted by Gasteiger charge is -2.16. The molecule has 0 aliphatic heterocycles. The van der Waals surface area contributed by atoms with Gasteiger partial charge in [0, 0.05) is 19.8 Å². The summed E-state index contributed by atoms with van der Waals surface area (Å²) in [6.45, 7) is 1.75. The molecule has 0 fully saturated rings. The Morgan fingerprint density at radius 1 is 1.26 bits per heavy atom. The van der Waals surface area contributed by atoms with Crippen LogP contribution < -0.4 is 27.0 Å². The van der Waals surface area contributed by atoms with Gasteiger partial charge in [-0.1, -0.05) is 6.92 Å². The van der Waals surface area contributed by atoms with Crippen molar-refractivity contribution < 1.29 is 14.0 Å². The highest BCUT2D eigenvalue weighted by atomic mass is 19.1. The van der Waals surface area contributed by atoms with Gasteiger partial charge in [0.15, 0.2) is 11.5 Å². The van der Waals surface area contributed by atoms with Crippen LogP contribution in [0.1, 0.15) is 23.8 Å². The van der Waals surface area contributed by atoms with E-state index < -0.39 is 23.7 Å². The van der Waals surface area contributed by atoms with Gasteiger partial charge in [-0.25, -0.2) is 4.39 Å². The van der Waals surface area contributed by atoms with Crippen molar-refractivity contribution in [3.63, 3.8) is 0 Å². The summed E-state index contributed by atoms with van der Waals surface area (Å²) in [4.78, 5) is 28.7. The van der Waals surface area contributed by atoms with Crippen molar-refractivity contribution in [2.24, 2.45) is 11.5 Å². The summed E-state index contributed by atoms with van der Waals surface area (Å²) in [5.74, 6) is -1.98. The molecule has 0 spiro atoms. The quantitative estimate of drug-likeness (QED) is 0.522. The van der Waals surface area contributed by atoms with Gasteiger partial charge in [-0.3, -0.25) is 9.59 Å². The second-order valence-electron chi connectivity index (χ2n) is 5.89. The number of hydrogen-bond donors (Lipinski definition) is 4. The van der Waals surface area contributed by atoms with Crippen LogP contribution in [0.25, 0.3) is 0 Å². The predicted octanol–water partition coefficient (Wildman–Crippen LogP) is 0.595. The van der Waals surface area contributed by atoms with E-state index >= 15 is 0 Å². The maximum absolute atomic E-state index is 14.2. The van der Waals surface area contributed by atoms with Crippen molar-refractivity contribution in [2.45, 2.75) is 19.4 Å². The van der Waals surface area contributed by atoms with E-state index in [1.165, 1.54) is 6.07 Å². The summed E-state index contributed by atoms with van der Waals surface area (Å²) in [5.41, 5.74) is 11.1. The number of benzene rings is 1. The van der Waals surface area contributed by atoms with Gasteiger partial charge in [0.2, 0.25) is 11.9 Å². The molecule has 0 saturated carbocycles. The number of amides is 2. The molecule has 27 heavy (non-hydrogen) atoms. The molecule has 2 amide bonds. The molecule has 144 valence electrons. The van der Waals surface area contributed by atoms with Gasteiger partial charge in [0.25, 0.3) is 5.91 Å². The van der Waals surface area contributed by atoms with Gasteiger partial charge >= 0.3 is 0 Å². The number of rotatable bonds is 8. The van der Waals surface area contributed by atoms with Gasteiger partial charge < -0.3 is 27.0 Å². The Morgan fingerprint density at radius 3 is 2.48 bits per heavy atom. The van der Waals surface area contributed by atoms with Crippen LogP contribution in [0.3, 0.4) is 0 Å². The maximum atomic E-state index is 14.2. The number of aromatic nitrogens is 3. The molecule has 2 rings (SSSR count). The highest BCUT2D eigenvalue weighted by molar-refractivity contribution is 5.96. The third-order valence-corrected chi connectivity index (χ3v) is 3.67. The Labute approximate surface area is 155 Å². The molecular formula is C16H21FN8O2. The van der Waals surface area contributed by atoms with Crippen molar-refractivity contribution >= 4 is 35.0 Å². The first-order valence-corrected chi connectivity index (χ1v) is 8.07. The maximum Gasteiger partial charge on any atom is 0.273 e. The SMILES string of the molecule is CC[C@@H](Nc1nnc(C(N)=O)c(Nc2ccc(N(C)C)c(F)c2)n1)C(N)=O. The molecular weight excluding hydrogens is 355 g/mol. The van der Waals surface area contributed by atoms with E-state index in [9.17, 15) is 14.0 Å². The molecule has 1 atom stereocenters. The minimum absolute atomic E-state index is 0.0291. The Bertz CT molecular complexity index is 858. The molecule has 2 aromatic rings. The number of primary amides is 2. The summed E-state index contributed by atoms with van der Waals surface area (Å²) in [7, 11) is 3.43. The fraction of sp³-hybridized carbons (Fsp3) is 0.312. The monoisotopic (exact) mass is 376 g/mol. The Hall–Kier alpha value is -3.50. The number of carbonyl (C=O) groups excluding carboxylic acids is 2. The van der Waals surface area contributed by atoms with Crippen LogP contribution in [0.5, 0.6) is 0 Å². The highest BCUT2D eigenvalue weighted by Crippen LogP contribution is 2.24. The van der Waals surface area contributed by atoms with Crippen molar-refractivity contribution in [3.05, 3.63) is 29.7 Å². The topological polar surface area (TPSA) is 152 Å². The fourth-order valence-electron chi connectivity index (χ4n) is 2.25. The van der Waals surface area contributed by atoms with Gasteiger partial charge in [0.1, 0.15) is 11.9 Å². The van der Waals surface area contributed by atoms with Crippen LogP contribution in [0.4, 0.5) is 27.5 Å². The van der Waals surface area contributed by atoms with Gasteiger partial charge in [0.05, 0.1) is 5.69 Å². The average Bonchev–Trinajstić information content (AvgIpc) is 2.59. The first kappa shape index (κ1) is 19.8. The lowest BCUT2D eigenvalue weighted by Crippen LogP contribution is -2.35. The summed E-state index contributed by atoms with van der Waals surface area (Å²) in [6, 6.07) is 3.70. The molecule has 6 N–H and O–H groups in total. The van der Waals surface area contributed by atoms with E-state index in [1.54, 1.807) is 38.1 Å². The van der Waals surface area contributed by atoms with E-state index in [0.29, 0.717) is 17.8 Å². The second-order valence-corrected chi connectivity index (χ2v) is 5.89. The summed E-state index contributed by atoms with van der Waals surface area (Å²) in [5, 5.41) is 13.0. The van der Waals surface area contributed by atoms with Crippen LogP contribution in [0.2, 0.25) is 0 Å². The summed E-state index contributed by atoms with van der Waals surface area (Å²) >= 11 is 0. The molecule has 1 aromatic carbocycles. The minimum Gasteiger partial charge on any atom is -0.375 e. The van der Waals surface area contributed by atoms with Crippen LogP contribution in [0.15, 0.2) is 18.2 Å². The number of hydrogen-bond acceptors (Lipinski definition) is 8. The van der Waals surface area contributed by atoms with E-state index in [1.807, 2.05) is 0 Å². The van der Waals surface area contributed by atoms with Crippen LogP contribution >= 0.6 is 0 Å². The van der Waals surface area contributed by atoms with Crippen molar-refractivity contribution in [2.75, 3.05) is 29.6 Å². The Kier molecular flexibility index (Phi) is 6.06. The predicted molar refractivity (Wildman–Crippen MR) is 99.3 cm³/mol. The van der Waals surface area contributed by atoms with Crippen molar-refractivity contribution in [3.8, 4) is 0 Å². The minimum atomic E-state index is -0.864. The summed E-state index contributed by atoms with van der Waals surface area (Å²) in [6.07, 6.45) is 0.399. The standard InChI is InChI=1S/C16H21FN8O2/c1-4-10(13(18)26)21-16-22-15(12(14(19)27)23-24-16)20-8-5-6-11(25(2)3)9(17)7-8/h5-7,10H,4H2,1-3H3,(H2,18,26)(H2,19,27)(H2,20,21,22,24)/t10-/m1/s1. The number of nitrogens with two attached hydrogens (primary N) is 2. The lowest BCUT2D eigenvalue weighted by atomic mass is 10.2. The molecule has 10 nitrogen and oxygen atoms in total. The molecule has 0 bridgehead atoms. The Morgan fingerprint density at radius 2 is 1.96 bits per heavy atom. The van der Waals surface area contributed by atoms with E-state index in [2.05, 4.69) is 25.8 Å². The lowest BCUT2D eigenvalue weighted by molar-refractivity contribution is -0.118. The first-order valence-electron chi connectivity index (χ1n) is 8.07. The van der Waals surface area contributed by atoms with Crippen molar-refractivity contribution in [1.29, 1.82) is 0 Å². The molecule has 0 aliphatic rings. The van der Waals surface area contributed by atoms with E-state index in [-0.39, 0.29) is 17.5 Å². The van der Waals surface area contributed by atoms with E-state index in [4.69, 9.17) is 11.5 Å². The van der Waals surface area contributed by atoms with Crippen LogP contribution in [-0.4, -0.2) is 47.1 Å². The normalized spacial score (nSPS) is 11.6. The number of carbonyl (C=O) groups is 2. The molecule has 0 radical (unpaired) electrons. The third-order valence-electron chi connectivity index (χ3n) is 3.67. The average molecular weight is 376 g/mol. The fourth-order valence-corrected chi connectivity index (χ4v) is 2.25. The zero-order chi connectivity index (χ0) is 20.1. The zero-order valence-electron chi connectivity index (χ0n) is 15.2. The smallest absolute Gasteiger partial charge is 0.273 e. The van der Waals surface area contributed by atoms with Crippen molar-refractivity contribution in [1.82, 2.24) is 15.2 Å². The van der Waals surface area contributed by atoms with Gasteiger partial charge in [-0.05, 0) is 24.6 Å². The zero-order valence-corrected chi connectivity index (χ0v) is 15.2. The number of anilines is 4. The molecule has 0 aliphatic carbocycles. The molecule has 0 saturated heterocycles. The molecule has 1 aromatic heterocycles. The number of nitrogens with one attached hydrogen (secondary N) is 2. The second kappa shape index (κ2) is 8.25. The first-order chi connectivity index (χ1) is 12.7. The van der Waals surface area contributed by atoms with Gasteiger partial charge in [-0.2, -0.15) is 4.98 Å². The van der Waals surface area contributed by atoms with E-state index in [0.717, 1.165) is 0 Å². The molecule has 1 heterocycles. The van der Waals surface area contributed by atoms with Gasteiger partial charge in [-0.15, -0.1) is 10.2 Å². The van der Waals surface area contributed by atoms with Crippen LogP contribution in [-0.2, 0) is 4.79 Å². The number of halogens is 1. The Balaban J connectivity index is 2.36. The largest absolute Gasteiger partial charge is 0.375 e.